The van der Waals surface area contributed by atoms with Gasteiger partial charge in [-0.1, -0.05) is 12.2 Å². The molecule has 0 aromatic carbocycles. The number of rotatable bonds is 1. The van der Waals surface area contributed by atoms with Crippen LogP contribution in [0.15, 0.2) is 12.2 Å². The lowest BCUT2D eigenvalue weighted by Crippen LogP contribution is -2.19. The van der Waals surface area contributed by atoms with Crippen LogP contribution in [0.1, 0.15) is 25.7 Å². The van der Waals surface area contributed by atoms with Gasteiger partial charge in [0.2, 0.25) is 0 Å². The van der Waals surface area contributed by atoms with Gasteiger partial charge in [0.1, 0.15) is 0 Å². The van der Waals surface area contributed by atoms with Crippen molar-refractivity contribution in [3.63, 3.8) is 0 Å². The topological polar surface area (TPSA) is 26.3 Å². The van der Waals surface area contributed by atoms with Gasteiger partial charge >= 0.3 is 5.97 Å². The third-order valence-corrected chi connectivity index (χ3v) is 2.78. The minimum atomic E-state index is 0.0200. The fourth-order valence-corrected chi connectivity index (χ4v) is 2.07. The summed E-state index contributed by atoms with van der Waals surface area (Å²) in [5, 5.41) is 0. The van der Waals surface area contributed by atoms with Crippen LogP contribution < -0.4 is 0 Å². The van der Waals surface area contributed by atoms with Gasteiger partial charge in [0.15, 0.2) is 0 Å². The van der Waals surface area contributed by atoms with Crippen LogP contribution in [0.25, 0.3) is 0 Å². The molecule has 2 heteroatoms. The Hall–Kier alpha value is -0.790. The van der Waals surface area contributed by atoms with E-state index in [1.165, 1.54) is 12.8 Å². The van der Waals surface area contributed by atoms with Crippen LogP contribution in [0.2, 0.25) is 0 Å². The number of hydrogen-bond donors (Lipinski definition) is 0. The summed E-state index contributed by atoms with van der Waals surface area (Å²) in [7, 11) is 0. The summed E-state index contributed by atoms with van der Waals surface area (Å²) in [4.78, 5) is 11.2. The van der Waals surface area contributed by atoms with E-state index < -0.39 is 0 Å². The molecule has 2 rings (SSSR count). The van der Waals surface area contributed by atoms with Gasteiger partial charge in [-0.15, -0.1) is 0 Å². The van der Waals surface area contributed by atoms with E-state index in [2.05, 4.69) is 12.2 Å². The summed E-state index contributed by atoms with van der Waals surface area (Å²) in [6, 6.07) is 0. The van der Waals surface area contributed by atoms with E-state index in [0.29, 0.717) is 12.5 Å². The number of hydrogen-bond acceptors (Lipinski definition) is 2. The van der Waals surface area contributed by atoms with Gasteiger partial charge in [-0.3, -0.25) is 4.79 Å². The van der Waals surface area contributed by atoms with Crippen LogP contribution in [0, 0.1) is 11.8 Å². The Balaban J connectivity index is 2.02. The molecule has 2 atom stereocenters. The maximum Gasteiger partial charge on any atom is 0.309 e. The molecule has 0 amide bonds. The highest BCUT2D eigenvalue weighted by Gasteiger charge is 2.32. The molecule has 0 N–H and O–H groups in total. The minimum Gasteiger partial charge on any atom is -0.465 e. The smallest absolute Gasteiger partial charge is 0.309 e. The lowest BCUT2D eigenvalue weighted by molar-refractivity contribution is -0.142. The molecule has 2 aliphatic rings. The summed E-state index contributed by atoms with van der Waals surface area (Å²) < 4.78 is 4.95. The predicted octanol–water partition coefficient (Wildman–Crippen LogP) is 1.91. The van der Waals surface area contributed by atoms with Crippen molar-refractivity contribution < 1.29 is 9.53 Å². The second-order valence-corrected chi connectivity index (χ2v) is 3.59. The van der Waals surface area contributed by atoms with Crippen LogP contribution >= 0.6 is 0 Å². The molecule has 1 aliphatic carbocycles. The third-order valence-electron chi connectivity index (χ3n) is 2.78. The molecule has 1 aliphatic heterocycles. The van der Waals surface area contributed by atoms with Crippen molar-refractivity contribution >= 4 is 5.97 Å². The molecular weight excluding hydrogens is 152 g/mol. The Morgan fingerprint density at radius 2 is 2.33 bits per heavy atom. The van der Waals surface area contributed by atoms with Crippen molar-refractivity contribution in [1.29, 1.82) is 0 Å². The van der Waals surface area contributed by atoms with Crippen LogP contribution in [0.5, 0.6) is 0 Å². The highest BCUT2D eigenvalue weighted by molar-refractivity contribution is 5.74. The van der Waals surface area contributed by atoms with E-state index >= 15 is 0 Å². The normalized spacial score (nSPS) is 35.2. The van der Waals surface area contributed by atoms with E-state index in [0.717, 1.165) is 12.8 Å². The van der Waals surface area contributed by atoms with Crippen LogP contribution in [-0.4, -0.2) is 12.6 Å². The van der Waals surface area contributed by atoms with Crippen LogP contribution in [-0.2, 0) is 9.53 Å². The molecule has 1 heterocycles. The molecule has 2 unspecified atom stereocenters. The maximum atomic E-state index is 11.2. The highest BCUT2D eigenvalue weighted by Crippen LogP contribution is 2.30. The lowest BCUT2D eigenvalue weighted by Gasteiger charge is -2.19. The van der Waals surface area contributed by atoms with E-state index in [9.17, 15) is 4.79 Å². The summed E-state index contributed by atoms with van der Waals surface area (Å²) >= 11 is 0. The van der Waals surface area contributed by atoms with E-state index in [4.69, 9.17) is 4.74 Å². The molecule has 0 radical (unpaired) electrons. The first kappa shape index (κ1) is 7.84. The minimum absolute atomic E-state index is 0.0200. The van der Waals surface area contributed by atoms with E-state index in [1.54, 1.807) is 0 Å². The van der Waals surface area contributed by atoms with Gasteiger partial charge in [-0.05, 0) is 31.6 Å². The zero-order valence-corrected chi connectivity index (χ0v) is 7.16. The summed E-state index contributed by atoms with van der Waals surface area (Å²) in [5.41, 5.74) is 0. The second kappa shape index (κ2) is 3.30. The molecule has 0 spiro atoms. The average Bonchev–Trinajstić information content (AvgIpc) is 2.53. The molecule has 1 fully saturated rings. The first-order chi connectivity index (χ1) is 5.88. The van der Waals surface area contributed by atoms with Crippen molar-refractivity contribution in [3.05, 3.63) is 12.2 Å². The fraction of sp³-hybridized carbons (Fsp3) is 0.700. The Morgan fingerprint density at radius 1 is 1.42 bits per heavy atom. The first-order valence-corrected chi connectivity index (χ1v) is 4.71. The Bertz CT molecular complexity index is 208. The van der Waals surface area contributed by atoms with Gasteiger partial charge in [0.25, 0.3) is 0 Å². The van der Waals surface area contributed by atoms with Crippen molar-refractivity contribution in [2.24, 2.45) is 11.8 Å². The summed E-state index contributed by atoms with van der Waals surface area (Å²) in [5.74, 6) is 0.654. The van der Waals surface area contributed by atoms with Gasteiger partial charge < -0.3 is 4.74 Å². The predicted molar refractivity (Wildman–Crippen MR) is 45.5 cm³/mol. The van der Waals surface area contributed by atoms with Crippen molar-refractivity contribution in [1.82, 2.24) is 0 Å². The van der Waals surface area contributed by atoms with E-state index in [-0.39, 0.29) is 11.9 Å². The van der Waals surface area contributed by atoms with Gasteiger partial charge in [0, 0.05) is 0 Å². The molecule has 2 nitrogen and oxygen atoms in total. The van der Waals surface area contributed by atoms with Crippen LogP contribution in [0.3, 0.4) is 0 Å². The quantitative estimate of drug-likeness (QED) is 0.439. The lowest BCUT2D eigenvalue weighted by atomic mass is 9.84. The highest BCUT2D eigenvalue weighted by atomic mass is 16.5. The van der Waals surface area contributed by atoms with Crippen molar-refractivity contribution in [2.45, 2.75) is 25.7 Å². The molecule has 0 saturated carbocycles. The molecule has 66 valence electrons. The number of cyclic esters (lactones) is 1. The number of allylic oxidation sites excluding steroid dienone is 2. The summed E-state index contributed by atoms with van der Waals surface area (Å²) in [6.45, 7) is 0.633. The first-order valence-electron chi connectivity index (χ1n) is 4.71. The van der Waals surface area contributed by atoms with Gasteiger partial charge in [0.05, 0.1) is 12.5 Å². The molecule has 1 saturated heterocycles. The molecule has 12 heavy (non-hydrogen) atoms. The summed E-state index contributed by atoms with van der Waals surface area (Å²) in [6.07, 6.45) is 8.88. The Labute approximate surface area is 72.6 Å². The van der Waals surface area contributed by atoms with Gasteiger partial charge in [-0.2, -0.15) is 0 Å². The second-order valence-electron chi connectivity index (χ2n) is 3.59. The maximum absolute atomic E-state index is 11.2. The van der Waals surface area contributed by atoms with E-state index in [1.807, 2.05) is 0 Å². The number of carbonyl (C=O) groups excluding carboxylic acids is 1. The largest absolute Gasteiger partial charge is 0.465 e. The number of esters is 1. The third kappa shape index (κ3) is 1.38. The molecule has 0 bridgehead atoms. The van der Waals surface area contributed by atoms with Crippen molar-refractivity contribution in [3.8, 4) is 0 Å². The SMILES string of the molecule is O=C1OCCC1C1C=CCCC1. The van der Waals surface area contributed by atoms with Crippen LogP contribution in [0.4, 0.5) is 0 Å². The fourth-order valence-electron chi connectivity index (χ4n) is 2.07. The van der Waals surface area contributed by atoms with Gasteiger partial charge in [-0.25, -0.2) is 0 Å². The molecule has 0 aromatic heterocycles. The standard InChI is InChI=1S/C10H14O2/c11-10-9(6-7-12-10)8-4-2-1-3-5-8/h2,4,8-9H,1,3,5-7H2. The Kier molecular flexibility index (Phi) is 2.15. The average molecular weight is 166 g/mol. The zero-order chi connectivity index (χ0) is 8.39. The monoisotopic (exact) mass is 166 g/mol. The number of carbonyl (C=O) groups is 1. The molecule has 0 aromatic rings. The Morgan fingerprint density at radius 3 is 2.92 bits per heavy atom. The van der Waals surface area contributed by atoms with Crippen molar-refractivity contribution in [2.75, 3.05) is 6.61 Å². The number of ether oxygens (including phenoxy) is 1. The molecular formula is C10H14O2. The zero-order valence-electron chi connectivity index (χ0n) is 7.16.